The molecule has 0 saturated carbocycles. The summed E-state index contributed by atoms with van der Waals surface area (Å²) in [7, 11) is -3.80. The van der Waals surface area contributed by atoms with Crippen LogP contribution >= 0.6 is 0 Å². The average Bonchev–Trinajstić information content (AvgIpc) is 2.94. The van der Waals surface area contributed by atoms with Gasteiger partial charge in [0.2, 0.25) is 0 Å². The van der Waals surface area contributed by atoms with Crippen LogP contribution < -0.4 is 4.72 Å². The van der Waals surface area contributed by atoms with Crippen LogP contribution in [0.2, 0.25) is 0 Å². The fourth-order valence-electron chi connectivity index (χ4n) is 2.48. The van der Waals surface area contributed by atoms with Crippen molar-refractivity contribution in [2.75, 3.05) is 4.72 Å². The largest absolute Gasteiger partial charge is 0.280 e. The number of hydrogen-bond donors (Lipinski definition) is 1. The van der Waals surface area contributed by atoms with Crippen molar-refractivity contribution in [1.82, 2.24) is 9.78 Å². The van der Waals surface area contributed by atoms with Crippen molar-refractivity contribution < 1.29 is 12.8 Å². The summed E-state index contributed by atoms with van der Waals surface area (Å²) >= 11 is 0. The van der Waals surface area contributed by atoms with Gasteiger partial charge in [-0.15, -0.1) is 0 Å². The minimum Gasteiger partial charge on any atom is -0.280 e. The minimum absolute atomic E-state index is 0.110. The van der Waals surface area contributed by atoms with Gasteiger partial charge in [-0.05, 0) is 56.7 Å². The number of fused-ring (bicyclic) bond motifs is 1. The molecule has 0 aliphatic carbocycles. The molecule has 1 N–H and O–H groups in total. The fraction of sp³-hybridized carbons (Fsp3) is 0.235. The monoisotopic (exact) mass is 347 g/mol. The third-order valence-electron chi connectivity index (χ3n) is 3.79. The number of nitrogens with one attached hydrogen (secondary N) is 1. The van der Waals surface area contributed by atoms with Crippen LogP contribution in [0, 0.1) is 12.7 Å². The normalized spacial score (nSPS) is 12.0. The molecule has 3 rings (SSSR count). The Hall–Kier alpha value is -2.41. The van der Waals surface area contributed by atoms with Crippen molar-refractivity contribution in [2.24, 2.45) is 0 Å². The van der Waals surface area contributed by atoms with Gasteiger partial charge in [-0.2, -0.15) is 5.10 Å². The van der Waals surface area contributed by atoms with E-state index in [-0.39, 0.29) is 16.6 Å². The summed E-state index contributed by atoms with van der Waals surface area (Å²) in [5.74, 6) is -0.455. The van der Waals surface area contributed by atoms with Gasteiger partial charge in [0.25, 0.3) is 10.0 Å². The summed E-state index contributed by atoms with van der Waals surface area (Å²) in [5, 5.41) is 5.01. The molecule has 1 aromatic heterocycles. The first-order chi connectivity index (χ1) is 11.3. The Labute approximate surface area is 140 Å². The first-order valence-corrected chi connectivity index (χ1v) is 9.02. The number of aromatic nitrogens is 2. The molecule has 24 heavy (non-hydrogen) atoms. The van der Waals surface area contributed by atoms with Crippen molar-refractivity contribution in [3.63, 3.8) is 0 Å². The Bertz CT molecular complexity index is 1010. The molecule has 7 heteroatoms. The lowest BCUT2D eigenvalue weighted by Gasteiger charge is -2.10. The molecule has 1 heterocycles. The summed E-state index contributed by atoms with van der Waals surface area (Å²) in [6, 6.07) is 9.23. The van der Waals surface area contributed by atoms with Gasteiger partial charge in [-0.1, -0.05) is 6.07 Å². The van der Waals surface area contributed by atoms with Gasteiger partial charge in [0.15, 0.2) is 0 Å². The number of hydrogen-bond acceptors (Lipinski definition) is 3. The molecule has 0 amide bonds. The maximum atomic E-state index is 13.6. The molecule has 0 atom stereocenters. The molecule has 3 aromatic rings. The van der Waals surface area contributed by atoms with E-state index in [1.165, 1.54) is 24.3 Å². The van der Waals surface area contributed by atoms with Gasteiger partial charge >= 0.3 is 0 Å². The Morgan fingerprint density at radius 2 is 1.92 bits per heavy atom. The number of sulfonamides is 1. The highest BCUT2D eigenvalue weighted by Gasteiger charge is 2.17. The number of benzene rings is 2. The zero-order chi connectivity index (χ0) is 17.5. The maximum absolute atomic E-state index is 13.6. The molecular weight excluding hydrogens is 329 g/mol. The summed E-state index contributed by atoms with van der Waals surface area (Å²) in [4.78, 5) is 0.110. The zero-order valence-electron chi connectivity index (χ0n) is 13.6. The predicted octanol–water partition coefficient (Wildman–Crippen LogP) is 3.87. The number of rotatable bonds is 4. The summed E-state index contributed by atoms with van der Waals surface area (Å²) in [6.07, 6.45) is 1.64. The van der Waals surface area contributed by atoms with Crippen LogP contribution in [-0.2, 0) is 10.0 Å². The maximum Gasteiger partial charge on any atom is 0.261 e. The molecular formula is C17H18FN3O2S. The highest BCUT2D eigenvalue weighted by atomic mass is 32.2. The van der Waals surface area contributed by atoms with E-state index in [4.69, 9.17) is 0 Å². The third-order valence-corrected chi connectivity index (χ3v) is 5.17. The molecule has 126 valence electrons. The van der Waals surface area contributed by atoms with Crippen molar-refractivity contribution in [3.05, 3.63) is 54.0 Å². The van der Waals surface area contributed by atoms with Gasteiger partial charge < -0.3 is 0 Å². The van der Waals surface area contributed by atoms with Crippen LogP contribution in [-0.4, -0.2) is 18.2 Å². The van der Waals surface area contributed by atoms with Gasteiger partial charge in [0.05, 0.1) is 22.3 Å². The summed E-state index contributed by atoms with van der Waals surface area (Å²) < 4.78 is 42.9. The SMILES string of the molecule is Cc1ccc(NS(=O)(=O)c2ccc3c(cnn3C(C)C)c2)cc1F. The zero-order valence-corrected chi connectivity index (χ0v) is 14.4. The van der Waals surface area contributed by atoms with Crippen molar-refractivity contribution in [1.29, 1.82) is 0 Å². The minimum atomic E-state index is -3.80. The first-order valence-electron chi connectivity index (χ1n) is 7.54. The van der Waals surface area contributed by atoms with Gasteiger partial charge in [-0.3, -0.25) is 9.40 Å². The van der Waals surface area contributed by atoms with Gasteiger partial charge in [0, 0.05) is 11.4 Å². The molecule has 0 fully saturated rings. The number of halogens is 1. The smallest absolute Gasteiger partial charge is 0.261 e. The lowest BCUT2D eigenvalue weighted by atomic mass is 10.2. The van der Waals surface area contributed by atoms with Gasteiger partial charge in [-0.25, -0.2) is 12.8 Å². The Morgan fingerprint density at radius 3 is 2.58 bits per heavy atom. The van der Waals surface area contributed by atoms with E-state index in [0.717, 1.165) is 10.9 Å². The van der Waals surface area contributed by atoms with E-state index in [0.29, 0.717) is 5.56 Å². The molecule has 5 nitrogen and oxygen atoms in total. The molecule has 0 unspecified atom stereocenters. The molecule has 0 saturated heterocycles. The molecule has 0 radical (unpaired) electrons. The van der Waals surface area contributed by atoms with E-state index in [1.807, 2.05) is 18.5 Å². The molecule has 2 aromatic carbocycles. The van der Waals surface area contributed by atoms with Crippen LogP contribution in [0.5, 0.6) is 0 Å². The van der Waals surface area contributed by atoms with E-state index in [9.17, 15) is 12.8 Å². The van der Waals surface area contributed by atoms with E-state index in [1.54, 1.807) is 25.3 Å². The van der Waals surface area contributed by atoms with Crippen LogP contribution in [0.3, 0.4) is 0 Å². The second kappa shape index (κ2) is 5.90. The lowest BCUT2D eigenvalue weighted by molar-refractivity contribution is 0.551. The van der Waals surface area contributed by atoms with Crippen LogP contribution in [0.4, 0.5) is 10.1 Å². The molecule has 0 aliphatic heterocycles. The standard InChI is InChI=1S/C17H18FN3O2S/c1-11(2)21-17-7-6-15(8-13(17)10-19-21)24(22,23)20-14-5-4-12(3)16(18)9-14/h4-11,20H,1-3H3. The van der Waals surface area contributed by atoms with Crippen molar-refractivity contribution >= 4 is 26.6 Å². The molecule has 0 aliphatic rings. The van der Waals surface area contributed by atoms with E-state index in [2.05, 4.69) is 9.82 Å². The van der Waals surface area contributed by atoms with E-state index >= 15 is 0 Å². The van der Waals surface area contributed by atoms with Crippen LogP contribution in [0.15, 0.2) is 47.5 Å². The Balaban J connectivity index is 1.97. The van der Waals surface area contributed by atoms with Gasteiger partial charge in [0.1, 0.15) is 5.82 Å². The van der Waals surface area contributed by atoms with Crippen LogP contribution in [0.25, 0.3) is 10.9 Å². The highest BCUT2D eigenvalue weighted by Crippen LogP contribution is 2.23. The fourth-order valence-corrected chi connectivity index (χ4v) is 3.56. The quantitative estimate of drug-likeness (QED) is 0.779. The Kier molecular flexibility index (Phi) is 4.04. The number of aryl methyl sites for hydroxylation is 1. The molecule has 0 spiro atoms. The van der Waals surface area contributed by atoms with Crippen molar-refractivity contribution in [3.8, 4) is 0 Å². The molecule has 0 bridgehead atoms. The summed E-state index contributed by atoms with van der Waals surface area (Å²) in [6.45, 7) is 5.63. The first kappa shape index (κ1) is 16.4. The third kappa shape index (κ3) is 2.99. The van der Waals surface area contributed by atoms with E-state index < -0.39 is 15.8 Å². The van der Waals surface area contributed by atoms with Crippen molar-refractivity contribution in [2.45, 2.75) is 31.7 Å². The Morgan fingerprint density at radius 1 is 1.17 bits per heavy atom. The average molecular weight is 347 g/mol. The number of nitrogens with zero attached hydrogens (tertiary/aromatic N) is 2. The topological polar surface area (TPSA) is 64.0 Å². The summed E-state index contributed by atoms with van der Waals surface area (Å²) in [5.41, 5.74) is 1.52. The predicted molar refractivity (Wildman–Crippen MR) is 92.1 cm³/mol. The second-order valence-electron chi connectivity index (χ2n) is 5.97. The number of anilines is 1. The second-order valence-corrected chi connectivity index (χ2v) is 7.66. The lowest BCUT2D eigenvalue weighted by Crippen LogP contribution is -2.13. The van der Waals surface area contributed by atoms with Crippen LogP contribution in [0.1, 0.15) is 25.5 Å². The highest BCUT2D eigenvalue weighted by molar-refractivity contribution is 7.92.